The van der Waals surface area contributed by atoms with E-state index in [1.165, 1.54) is 5.56 Å². The van der Waals surface area contributed by atoms with Crippen LogP contribution in [0.3, 0.4) is 0 Å². The molecule has 0 amide bonds. The monoisotopic (exact) mass is 313 g/mol. The zero-order chi connectivity index (χ0) is 16.5. The Kier molecular flexibility index (Phi) is 3.62. The van der Waals surface area contributed by atoms with Crippen LogP contribution in [0.4, 0.5) is 0 Å². The van der Waals surface area contributed by atoms with Gasteiger partial charge in [0.05, 0.1) is 16.9 Å². The van der Waals surface area contributed by atoms with Gasteiger partial charge in [-0.3, -0.25) is 4.98 Å². The third-order valence-corrected chi connectivity index (χ3v) is 4.27. The van der Waals surface area contributed by atoms with E-state index in [4.69, 9.17) is 4.98 Å². The van der Waals surface area contributed by atoms with E-state index in [1.54, 1.807) is 0 Å². The molecule has 2 aromatic heterocycles. The molecule has 24 heavy (non-hydrogen) atoms. The topological polar surface area (TPSA) is 41.6 Å². The van der Waals surface area contributed by atoms with Gasteiger partial charge in [-0.15, -0.1) is 0 Å². The number of rotatable bonds is 3. The number of aromatic nitrogens is 3. The first-order valence-corrected chi connectivity index (χ1v) is 8.25. The van der Waals surface area contributed by atoms with Crippen LogP contribution in [0.2, 0.25) is 0 Å². The molecule has 0 fully saturated rings. The van der Waals surface area contributed by atoms with Crippen molar-refractivity contribution < 1.29 is 0 Å². The van der Waals surface area contributed by atoms with Crippen LogP contribution in [-0.4, -0.2) is 15.0 Å². The summed E-state index contributed by atoms with van der Waals surface area (Å²) in [6, 6.07) is 18.9. The molecule has 2 heterocycles. The van der Waals surface area contributed by atoms with Crippen molar-refractivity contribution in [3.8, 4) is 22.5 Å². The molecule has 0 aliphatic rings. The number of benzene rings is 2. The van der Waals surface area contributed by atoms with E-state index in [2.05, 4.69) is 72.3 Å². The van der Waals surface area contributed by atoms with E-state index in [0.29, 0.717) is 0 Å². The largest absolute Gasteiger partial charge is 0.341 e. The first-order chi connectivity index (χ1) is 11.7. The van der Waals surface area contributed by atoms with Crippen molar-refractivity contribution in [1.29, 1.82) is 0 Å². The van der Waals surface area contributed by atoms with Crippen molar-refractivity contribution in [2.24, 2.45) is 0 Å². The van der Waals surface area contributed by atoms with Crippen molar-refractivity contribution in [3.05, 3.63) is 72.2 Å². The number of pyridine rings is 1. The lowest BCUT2D eigenvalue weighted by molar-refractivity contribution is 0.992. The SMILES string of the molecule is CCc1nc(-c2cccc(C)c2)c(-c2ccc3ncccc3c2)[nH]1. The van der Waals surface area contributed by atoms with Gasteiger partial charge in [-0.1, -0.05) is 42.8 Å². The van der Waals surface area contributed by atoms with Gasteiger partial charge in [-0.05, 0) is 31.2 Å². The lowest BCUT2D eigenvalue weighted by atomic mass is 10.0. The highest BCUT2D eigenvalue weighted by Crippen LogP contribution is 2.32. The van der Waals surface area contributed by atoms with Crippen LogP contribution in [0, 0.1) is 6.92 Å². The average molecular weight is 313 g/mol. The molecule has 3 heteroatoms. The summed E-state index contributed by atoms with van der Waals surface area (Å²) < 4.78 is 0. The summed E-state index contributed by atoms with van der Waals surface area (Å²) in [5.74, 6) is 1.01. The Hall–Kier alpha value is -2.94. The van der Waals surface area contributed by atoms with Crippen molar-refractivity contribution in [2.75, 3.05) is 0 Å². The van der Waals surface area contributed by atoms with Crippen molar-refractivity contribution in [3.63, 3.8) is 0 Å². The predicted molar refractivity (Wildman–Crippen MR) is 98.9 cm³/mol. The van der Waals surface area contributed by atoms with E-state index in [0.717, 1.165) is 45.7 Å². The zero-order valence-corrected chi connectivity index (χ0v) is 13.9. The number of hydrogen-bond acceptors (Lipinski definition) is 2. The third kappa shape index (κ3) is 2.58. The molecule has 0 aliphatic carbocycles. The Labute approximate surface area is 141 Å². The molecule has 0 atom stereocenters. The van der Waals surface area contributed by atoms with Gasteiger partial charge in [-0.2, -0.15) is 0 Å². The smallest absolute Gasteiger partial charge is 0.106 e. The number of aromatic amines is 1. The summed E-state index contributed by atoms with van der Waals surface area (Å²) in [6.07, 6.45) is 2.71. The maximum absolute atomic E-state index is 4.83. The van der Waals surface area contributed by atoms with Crippen molar-refractivity contribution >= 4 is 10.9 Å². The molecule has 0 radical (unpaired) electrons. The van der Waals surface area contributed by atoms with E-state index < -0.39 is 0 Å². The minimum atomic E-state index is 0.883. The molecule has 0 bridgehead atoms. The highest BCUT2D eigenvalue weighted by molar-refractivity contribution is 5.87. The maximum atomic E-state index is 4.83. The first-order valence-electron chi connectivity index (χ1n) is 8.25. The standard InChI is InChI=1S/C21H19N3/c1-3-19-23-20(16-7-4-6-14(2)12-16)21(24-19)17-9-10-18-15(13-17)8-5-11-22-18/h4-13H,3H2,1-2H3,(H,23,24). The molecule has 0 spiro atoms. The van der Waals surface area contributed by atoms with Crippen molar-refractivity contribution in [1.82, 2.24) is 15.0 Å². The number of H-pyrrole nitrogens is 1. The maximum Gasteiger partial charge on any atom is 0.106 e. The second kappa shape index (κ2) is 5.93. The highest BCUT2D eigenvalue weighted by Gasteiger charge is 2.14. The summed E-state index contributed by atoms with van der Waals surface area (Å²) in [6.45, 7) is 4.23. The molecule has 1 N–H and O–H groups in total. The average Bonchev–Trinajstić information content (AvgIpc) is 3.06. The van der Waals surface area contributed by atoms with Crippen LogP contribution in [0.15, 0.2) is 60.8 Å². The number of aryl methyl sites for hydroxylation is 2. The Balaban J connectivity index is 1.91. The molecule has 0 unspecified atom stereocenters. The first kappa shape index (κ1) is 14.6. The van der Waals surface area contributed by atoms with Crippen LogP contribution in [-0.2, 0) is 6.42 Å². The summed E-state index contributed by atoms with van der Waals surface area (Å²) in [4.78, 5) is 12.7. The molecular weight excluding hydrogens is 294 g/mol. The fraction of sp³-hybridized carbons (Fsp3) is 0.143. The molecule has 3 nitrogen and oxygen atoms in total. The quantitative estimate of drug-likeness (QED) is 0.567. The van der Waals surface area contributed by atoms with Crippen molar-refractivity contribution in [2.45, 2.75) is 20.3 Å². The molecule has 0 saturated heterocycles. The highest BCUT2D eigenvalue weighted by atomic mass is 14.9. The van der Waals surface area contributed by atoms with Gasteiger partial charge in [0, 0.05) is 29.1 Å². The van der Waals surface area contributed by atoms with Gasteiger partial charge in [-0.25, -0.2) is 4.98 Å². The molecule has 118 valence electrons. The summed E-state index contributed by atoms with van der Waals surface area (Å²) >= 11 is 0. The van der Waals surface area contributed by atoms with E-state index in [1.807, 2.05) is 12.3 Å². The summed E-state index contributed by atoms with van der Waals surface area (Å²) in [7, 11) is 0. The normalized spacial score (nSPS) is 11.1. The van der Waals surface area contributed by atoms with E-state index in [-0.39, 0.29) is 0 Å². The lowest BCUT2D eigenvalue weighted by Crippen LogP contribution is -1.86. The van der Waals surface area contributed by atoms with Crippen LogP contribution in [0.1, 0.15) is 18.3 Å². The Morgan fingerprint density at radius 2 is 1.88 bits per heavy atom. The Morgan fingerprint density at radius 1 is 0.958 bits per heavy atom. The van der Waals surface area contributed by atoms with Crippen LogP contribution in [0.5, 0.6) is 0 Å². The minimum absolute atomic E-state index is 0.883. The minimum Gasteiger partial charge on any atom is -0.341 e. The fourth-order valence-corrected chi connectivity index (χ4v) is 3.03. The van der Waals surface area contributed by atoms with Crippen LogP contribution >= 0.6 is 0 Å². The fourth-order valence-electron chi connectivity index (χ4n) is 3.03. The van der Waals surface area contributed by atoms with Gasteiger partial charge >= 0.3 is 0 Å². The number of imidazole rings is 1. The number of nitrogens with zero attached hydrogens (tertiary/aromatic N) is 2. The molecule has 2 aromatic carbocycles. The summed E-state index contributed by atoms with van der Waals surface area (Å²) in [5, 5.41) is 1.14. The number of fused-ring (bicyclic) bond motifs is 1. The second-order valence-corrected chi connectivity index (χ2v) is 6.04. The molecular formula is C21H19N3. The predicted octanol–water partition coefficient (Wildman–Crippen LogP) is 5.16. The molecule has 0 saturated carbocycles. The Morgan fingerprint density at radius 3 is 2.71 bits per heavy atom. The summed E-state index contributed by atoms with van der Waals surface area (Å²) in [5.41, 5.74) is 6.62. The molecule has 4 rings (SSSR count). The van der Waals surface area contributed by atoms with Gasteiger partial charge in [0.15, 0.2) is 0 Å². The van der Waals surface area contributed by atoms with Crippen LogP contribution in [0.25, 0.3) is 33.4 Å². The van der Waals surface area contributed by atoms with E-state index in [9.17, 15) is 0 Å². The molecule has 4 aromatic rings. The van der Waals surface area contributed by atoms with Gasteiger partial charge in [0.2, 0.25) is 0 Å². The lowest BCUT2D eigenvalue weighted by Gasteiger charge is -2.05. The van der Waals surface area contributed by atoms with Gasteiger partial charge in [0.1, 0.15) is 5.82 Å². The van der Waals surface area contributed by atoms with E-state index >= 15 is 0 Å². The number of hydrogen-bond donors (Lipinski definition) is 1. The zero-order valence-electron chi connectivity index (χ0n) is 13.9. The third-order valence-electron chi connectivity index (χ3n) is 4.27. The second-order valence-electron chi connectivity index (χ2n) is 6.04. The van der Waals surface area contributed by atoms with Crippen LogP contribution < -0.4 is 0 Å². The molecule has 0 aliphatic heterocycles. The van der Waals surface area contributed by atoms with Gasteiger partial charge < -0.3 is 4.98 Å². The van der Waals surface area contributed by atoms with Gasteiger partial charge in [0.25, 0.3) is 0 Å². The Bertz CT molecular complexity index is 1010. The number of nitrogens with one attached hydrogen (secondary N) is 1.